The van der Waals surface area contributed by atoms with Gasteiger partial charge in [-0.05, 0) is 151 Å². The van der Waals surface area contributed by atoms with Crippen LogP contribution < -0.4 is 4.90 Å². The van der Waals surface area contributed by atoms with Gasteiger partial charge in [-0.1, -0.05) is 222 Å². The fourth-order valence-corrected chi connectivity index (χ4v) is 14.3. The summed E-state index contributed by atoms with van der Waals surface area (Å²) in [6.07, 6.45) is 0. The zero-order valence-corrected chi connectivity index (χ0v) is 45.8. The number of rotatable bonds is 8. The quantitative estimate of drug-likeness (QED) is 0.148. The third-order valence-corrected chi connectivity index (χ3v) is 18.1. The molecule has 0 aliphatic heterocycles. The average molecular weight is 1040 g/mol. The predicted molar refractivity (Wildman–Crippen MR) is 341 cm³/mol. The molecule has 2 aliphatic rings. The lowest BCUT2D eigenvalue weighted by Gasteiger charge is -2.30. The highest BCUT2D eigenvalue weighted by Gasteiger charge is 2.38. The van der Waals surface area contributed by atoms with E-state index in [0.29, 0.717) is 0 Å². The van der Waals surface area contributed by atoms with Gasteiger partial charge in [0.15, 0.2) is 0 Å². The van der Waals surface area contributed by atoms with Crippen LogP contribution in [-0.4, -0.2) is 9.13 Å². The second-order valence-corrected chi connectivity index (χ2v) is 23.2. The number of fused-ring (bicyclic) bond motifs is 12. The number of aromatic nitrogens is 2. The largest absolute Gasteiger partial charge is 0.310 e. The molecule has 3 heteroatoms. The Morgan fingerprint density at radius 2 is 0.765 bits per heavy atom. The van der Waals surface area contributed by atoms with E-state index in [0.717, 1.165) is 28.4 Å². The molecular formula is C78H57N3. The summed E-state index contributed by atoms with van der Waals surface area (Å²) < 4.78 is 4.91. The van der Waals surface area contributed by atoms with Crippen molar-refractivity contribution in [3.63, 3.8) is 0 Å². The summed E-state index contributed by atoms with van der Waals surface area (Å²) in [6, 6.07) is 102. The number of nitrogens with zero attached hydrogens (tertiary/aromatic N) is 3. The average Bonchev–Trinajstić information content (AvgIpc) is 4.32. The highest BCUT2D eigenvalue weighted by Crippen LogP contribution is 2.55. The van der Waals surface area contributed by atoms with Gasteiger partial charge in [0.25, 0.3) is 0 Å². The van der Waals surface area contributed by atoms with Crippen molar-refractivity contribution in [2.24, 2.45) is 0 Å². The smallest absolute Gasteiger partial charge is 0.0620 e. The highest BCUT2D eigenvalue weighted by molar-refractivity contribution is 6.18. The molecule has 0 atom stereocenters. The summed E-state index contributed by atoms with van der Waals surface area (Å²) in [5.74, 6) is 0. The van der Waals surface area contributed by atoms with Gasteiger partial charge in [-0.2, -0.15) is 0 Å². The molecule has 0 radical (unpaired) electrons. The maximum absolute atomic E-state index is 2.51. The summed E-state index contributed by atoms with van der Waals surface area (Å²) in [5.41, 5.74) is 26.7. The molecule has 0 unspecified atom stereocenters. The minimum absolute atomic E-state index is 0.154. The second-order valence-electron chi connectivity index (χ2n) is 23.2. The third-order valence-electron chi connectivity index (χ3n) is 18.1. The van der Waals surface area contributed by atoms with Gasteiger partial charge in [-0.25, -0.2) is 0 Å². The van der Waals surface area contributed by atoms with Gasteiger partial charge in [0, 0.05) is 66.4 Å². The minimum atomic E-state index is -0.300. The Bertz CT molecular complexity index is 4850. The molecule has 2 aromatic heterocycles. The number of hydrogen-bond donors (Lipinski definition) is 0. The van der Waals surface area contributed by atoms with Crippen LogP contribution in [0.1, 0.15) is 49.9 Å². The summed E-state index contributed by atoms with van der Waals surface area (Å²) in [7, 11) is 0. The van der Waals surface area contributed by atoms with E-state index in [1.165, 1.54) is 122 Å². The molecule has 81 heavy (non-hydrogen) atoms. The lowest BCUT2D eigenvalue weighted by Crippen LogP contribution is -2.18. The second kappa shape index (κ2) is 17.8. The van der Waals surface area contributed by atoms with E-state index in [4.69, 9.17) is 0 Å². The molecule has 0 bridgehead atoms. The van der Waals surface area contributed by atoms with Crippen LogP contribution in [0.25, 0.3) is 111 Å². The van der Waals surface area contributed by atoms with Gasteiger partial charge < -0.3 is 14.0 Å². The Morgan fingerprint density at radius 3 is 1.46 bits per heavy atom. The Morgan fingerprint density at radius 1 is 0.284 bits per heavy atom. The van der Waals surface area contributed by atoms with Crippen LogP contribution in [0.3, 0.4) is 0 Å². The standard InChI is InChI=1S/C78H57N3/c1-77(2)68-34-19-17-30-60(68)62-41-37-56(48-70(62)77)79(55-39-45-73-67(47-55)64-31-18-20-35-72(64)80(73)53-26-13-7-14-27-53)57-38-42-63-61-40-36-52(46-69(61)78(3,4)71(63)49-57)58-32-21-33-65-59(58)43-44-66-74(50-22-9-5-10-23-50)75(51-24-11-6-12-25-51)81(76(65)66)54-28-15-8-16-29-54/h5-49H,1-4H3. The fourth-order valence-electron chi connectivity index (χ4n) is 14.3. The maximum Gasteiger partial charge on any atom is 0.0620 e. The molecule has 384 valence electrons. The molecule has 0 amide bonds. The molecule has 2 heterocycles. The van der Waals surface area contributed by atoms with Gasteiger partial charge in [0.05, 0.1) is 22.2 Å². The zero-order chi connectivity index (χ0) is 54.1. The molecule has 14 aromatic rings. The van der Waals surface area contributed by atoms with Gasteiger partial charge in [0.1, 0.15) is 0 Å². The van der Waals surface area contributed by atoms with Gasteiger partial charge >= 0.3 is 0 Å². The van der Waals surface area contributed by atoms with Crippen LogP contribution in [-0.2, 0) is 10.8 Å². The molecule has 16 rings (SSSR count). The number of para-hydroxylation sites is 3. The molecule has 12 aromatic carbocycles. The van der Waals surface area contributed by atoms with Crippen LogP contribution in [0, 0.1) is 0 Å². The van der Waals surface area contributed by atoms with Crippen LogP contribution in [0.15, 0.2) is 273 Å². The highest BCUT2D eigenvalue weighted by atomic mass is 15.1. The SMILES string of the molecule is CC1(C)c2ccccc2-c2ccc(N(c3ccc4c(c3)C(C)(C)c3cc(-c5cccc6c5ccc5c(-c7ccccc7)c(-c7ccccc7)n(-c7ccccc7)c56)ccc3-4)c3ccc4c(c3)c3ccccc3n4-c3ccccc3)cc21. The molecule has 0 saturated carbocycles. The first-order valence-electron chi connectivity index (χ1n) is 28.4. The van der Waals surface area contributed by atoms with Crippen LogP contribution in [0.2, 0.25) is 0 Å². The van der Waals surface area contributed by atoms with Crippen molar-refractivity contribution in [1.82, 2.24) is 9.13 Å². The first kappa shape index (κ1) is 47.1. The van der Waals surface area contributed by atoms with Crippen LogP contribution in [0.4, 0.5) is 17.1 Å². The minimum Gasteiger partial charge on any atom is -0.310 e. The Hall–Kier alpha value is -9.96. The molecule has 0 saturated heterocycles. The Kier molecular flexibility index (Phi) is 10.3. The van der Waals surface area contributed by atoms with E-state index in [-0.39, 0.29) is 10.8 Å². The summed E-state index contributed by atoms with van der Waals surface area (Å²) in [4.78, 5) is 2.51. The molecule has 3 nitrogen and oxygen atoms in total. The van der Waals surface area contributed by atoms with Gasteiger partial charge in [0.2, 0.25) is 0 Å². The normalized spacial score (nSPS) is 13.6. The number of hydrogen-bond acceptors (Lipinski definition) is 1. The Balaban J connectivity index is 0.850. The summed E-state index contributed by atoms with van der Waals surface area (Å²) >= 11 is 0. The van der Waals surface area contributed by atoms with Crippen molar-refractivity contribution in [2.45, 2.75) is 38.5 Å². The lowest BCUT2D eigenvalue weighted by molar-refractivity contribution is 0.660. The number of benzene rings is 12. The number of anilines is 3. The zero-order valence-electron chi connectivity index (χ0n) is 45.8. The molecule has 0 N–H and O–H groups in total. The monoisotopic (exact) mass is 1040 g/mol. The van der Waals surface area contributed by atoms with Crippen molar-refractivity contribution in [1.29, 1.82) is 0 Å². The molecule has 2 aliphatic carbocycles. The predicted octanol–water partition coefficient (Wildman–Crippen LogP) is 21.0. The van der Waals surface area contributed by atoms with Crippen molar-refractivity contribution in [2.75, 3.05) is 4.90 Å². The van der Waals surface area contributed by atoms with E-state index in [1.807, 2.05) is 0 Å². The first-order valence-corrected chi connectivity index (χ1v) is 28.4. The van der Waals surface area contributed by atoms with E-state index in [1.54, 1.807) is 0 Å². The maximum atomic E-state index is 2.51. The van der Waals surface area contributed by atoms with Crippen molar-refractivity contribution in [3.8, 4) is 67.1 Å². The lowest BCUT2D eigenvalue weighted by atomic mass is 9.81. The Labute approximate surface area is 472 Å². The van der Waals surface area contributed by atoms with E-state index in [9.17, 15) is 0 Å². The van der Waals surface area contributed by atoms with Gasteiger partial charge in [-0.15, -0.1) is 0 Å². The van der Waals surface area contributed by atoms with Crippen molar-refractivity contribution >= 4 is 60.5 Å². The van der Waals surface area contributed by atoms with E-state index >= 15 is 0 Å². The van der Waals surface area contributed by atoms with Crippen molar-refractivity contribution < 1.29 is 0 Å². The summed E-state index contributed by atoms with van der Waals surface area (Å²) in [5, 5.41) is 6.15. The van der Waals surface area contributed by atoms with Crippen LogP contribution >= 0.6 is 0 Å². The van der Waals surface area contributed by atoms with E-state index in [2.05, 4.69) is 315 Å². The van der Waals surface area contributed by atoms with Gasteiger partial charge in [-0.3, -0.25) is 0 Å². The molecule has 0 fully saturated rings. The molecule has 0 spiro atoms. The van der Waals surface area contributed by atoms with Crippen molar-refractivity contribution in [3.05, 3.63) is 295 Å². The topological polar surface area (TPSA) is 13.1 Å². The first-order chi connectivity index (χ1) is 39.7. The van der Waals surface area contributed by atoms with E-state index < -0.39 is 0 Å². The summed E-state index contributed by atoms with van der Waals surface area (Å²) in [6.45, 7) is 9.60. The van der Waals surface area contributed by atoms with Crippen LogP contribution in [0.5, 0.6) is 0 Å². The fraction of sp³-hybridized carbons (Fsp3) is 0.0769. The molecular weight excluding hydrogens is 979 g/mol. The third kappa shape index (κ3) is 7.01.